The molecule has 0 radical (unpaired) electrons. The van der Waals surface area contributed by atoms with Crippen LogP contribution in [0.3, 0.4) is 0 Å². The lowest BCUT2D eigenvalue weighted by Crippen LogP contribution is -2.02. The second kappa shape index (κ2) is 8.39. The highest BCUT2D eigenvalue weighted by Gasteiger charge is 2.12. The van der Waals surface area contributed by atoms with Gasteiger partial charge in [0.15, 0.2) is 0 Å². The molecule has 0 saturated carbocycles. The zero-order valence-electron chi connectivity index (χ0n) is 19.4. The van der Waals surface area contributed by atoms with Crippen LogP contribution in [-0.2, 0) is 13.1 Å². The predicted molar refractivity (Wildman–Crippen MR) is 148 cm³/mol. The second-order valence-corrected chi connectivity index (χ2v) is 9.01. The molecule has 2 heteroatoms. The van der Waals surface area contributed by atoms with Crippen molar-refractivity contribution >= 4 is 55.8 Å². The van der Waals surface area contributed by atoms with Crippen LogP contribution in [0.25, 0.3) is 55.8 Å². The predicted octanol–water partition coefficient (Wildman–Crippen LogP) is 8.67. The van der Waals surface area contributed by atoms with Gasteiger partial charge < -0.3 is 9.13 Å². The molecule has 0 aliphatic carbocycles. The molecule has 0 amide bonds. The van der Waals surface area contributed by atoms with Crippen molar-refractivity contribution in [2.45, 2.75) is 25.9 Å². The number of aryl methyl sites for hydroxylation is 2. The molecule has 166 valence electrons. The number of nitrogens with zero attached hydrogens (tertiary/aromatic N) is 2. The zero-order chi connectivity index (χ0) is 23.1. The fraction of sp³-hybridized carbons (Fsp3) is 0.125. The minimum atomic E-state index is 1.01. The Morgan fingerprint density at radius 2 is 0.912 bits per heavy atom. The fourth-order valence-electron chi connectivity index (χ4n) is 5.42. The lowest BCUT2D eigenvalue weighted by molar-refractivity contribution is 0.583. The summed E-state index contributed by atoms with van der Waals surface area (Å²) in [5, 5.41) is 5.27. The highest BCUT2D eigenvalue weighted by atomic mass is 15.0. The van der Waals surface area contributed by atoms with Gasteiger partial charge in [-0.05, 0) is 60.4 Å². The maximum Gasteiger partial charge on any atom is 0.0491 e. The van der Waals surface area contributed by atoms with Crippen LogP contribution < -0.4 is 0 Å². The first-order valence-corrected chi connectivity index (χ1v) is 12.1. The summed E-state index contributed by atoms with van der Waals surface area (Å²) in [6, 6.07) is 30.8. The summed E-state index contributed by atoms with van der Waals surface area (Å²) >= 11 is 0. The van der Waals surface area contributed by atoms with E-state index in [0.717, 1.165) is 25.9 Å². The van der Waals surface area contributed by atoms with Gasteiger partial charge in [0.2, 0.25) is 0 Å². The number of fused-ring (bicyclic) bond motifs is 6. The van der Waals surface area contributed by atoms with E-state index in [2.05, 4.69) is 107 Å². The molecule has 2 nitrogen and oxygen atoms in total. The molecule has 0 aliphatic rings. The first kappa shape index (κ1) is 20.6. The maximum atomic E-state index is 3.95. The van der Waals surface area contributed by atoms with E-state index in [9.17, 15) is 0 Å². The smallest absolute Gasteiger partial charge is 0.0491 e. The molecule has 4 aromatic carbocycles. The number of hydrogen-bond donors (Lipinski definition) is 0. The Hall–Kier alpha value is -4.04. The molecule has 0 unspecified atom stereocenters. The van der Waals surface area contributed by atoms with Crippen molar-refractivity contribution < 1.29 is 0 Å². The van der Waals surface area contributed by atoms with Crippen LogP contribution in [0.15, 0.2) is 98.1 Å². The monoisotopic (exact) mass is 440 g/mol. The Morgan fingerprint density at radius 3 is 1.35 bits per heavy atom. The van der Waals surface area contributed by atoms with Crippen molar-refractivity contribution in [3.63, 3.8) is 0 Å². The van der Waals surface area contributed by atoms with E-state index < -0.39 is 0 Å². The van der Waals surface area contributed by atoms with E-state index in [0.29, 0.717) is 0 Å². The summed E-state index contributed by atoms with van der Waals surface area (Å²) in [6.45, 7) is 9.92. The zero-order valence-corrected chi connectivity index (χ0v) is 19.4. The Kier molecular flexibility index (Phi) is 5.07. The standard InChI is InChI=1S/C32H28N2/c1-3-23-15-17-31-27(21-23)25-11-5-7-13-29(25)33(31)19-9-10-20-34-30-14-8-6-12-26(30)28-22-24(4-2)16-18-32(28)34/h3-8,11-18,21-22H,1-2,9-10,19-20H2. The third-order valence-electron chi connectivity index (χ3n) is 7.08. The van der Waals surface area contributed by atoms with Crippen molar-refractivity contribution in [2.24, 2.45) is 0 Å². The summed E-state index contributed by atoms with van der Waals surface area (Å²) in [7, 11) is 0. The van der Waals surface area contributed by atoms with Crippen molar-refractivity contribution in [3.05, 3.63) is 109 Å². The Balaban J connectivity index is 1.30. The number of aromatic nitrogens is 2. The van der Waals surface area contributed by atoms with Crippen LogP contribution in [0.2, 0.25) is 0 Å². The molecule has 0 bridgehead atoms. The molecule has 0 saturated heterocycles. The first-order chi connectivity index (χ1) is 16.8. The second-order valence-electron chi connectivity index (χ2n) is 9.01. The SMILES string of the molecule is C=Cc1ccc2c(c1)c1ccccc1n2CCCCn1c2ccccc2c2cc(C=C)ccc21. The Morgan fingerprint density at radius 1 is 0.500 bits per heavy atom. The van der Waals surface area contributed by atoms with E-state index in [1.165, 1.54) is 54.7 Å². The topological polar surface area (TPSA) is 9.86 Å². The molecule has 2 heterocycles. The third kappa shape index (κ3) is 3.26. The average Bonchev–Trinajstić information content (AvgIpc) is 3.38. The van der Waals surface area contributed by atoms with Crippen molar-refractivity contribution in [3.8, 4) is 0 Å². The minimum Gasteiger partial charge on any atom is -0.340 e. The van der Waals surface area contributed by atoms with Crippen molar-refractivity contribution in [1.29, 1.82) is 0 Å². The number of rotatable bonds is 7. The number of unbranched alkanes of at least 4 members (excludes halogenated alkanes) is 1. The van der Waals surface area contributed by atoms with Crippen molar-refractivity contribution in [1.82, 2.24) is 9.13 Å². The van der Waals surface area contributed by atoms with Crippen LogP contribution in [0.1, 0.15) is 24.0 Å². The first-order valence-electron chi connectivity index (χ1n) is 12.1. The van der Waals surface area contributed by atoms with Gasteiger partial charge in [0.05, 0.1) is 0 Å². The summed E-state index contributed by atoms with van der Waals surface area (Å²) in [5.41, 5.74) is 7.57. The van der Waals surface area contributed by atoms with Gasteiger partial charge in [0, 0.05) is 56.7 Å². The quantitative estimate of drug-likeness (QED) is 0.220. The molecule has 0 fully saturated rings. The number of benzene rings is 4. The van der Waals surface area contributed by atoms with Gasteiger partial charge in [-0.3, -0.25) is 0 Å². The van der Waals surface area contributed by atoms with Gasteiger partial charge in [-0.1, -0.05) is 73.8 Å². The van der Waals surface area contributed by atoms with E-state index >= 15 is 0 Å². The lowest BCUT2D eigenvalue weighted by atomic mass is 10.1. The van der Waals surface area contributed by atoms with E-state index in [1.54, 1.807) is 0 Å². The molecule has 0 N–H and O–H groups in total. The molecule has 34 heavy (non-hydrogen) atoms. The Bertz CT molecular complexity index is 1570. The van der Waals surface area contributed by atoms with E-state index in [4.69, 9.17) is 0 Å². The van der Waals surface area contributed by atoms with Gasteiger partial charge in [0.25, 0.3) is 0 Å². The largest absolute Gasteiger partial charge is 0.340 e. The van der Waals surface area contributed by atoms with Gasteiger partial charge in [0.1, 0.15) is 0 Å². The molecule has 0 atom stereocenters. The van der Waals surface area contributed by atoms with Gasteiger partial charge in [-0.15, -0.1) is 0 Å². The summed E-state index contributed by atoms with van der Waals surface area (Å²) in [6.07, 6.45) is 6.09. The molecule has 6 aromatic rings. The molecule has 0 aliphatic heterocycles. The van der Waals surface area contributed by atoms with Gasteiger partial charge in [-0.25, -0.2) is 0 Å². The highest BCUT2D eigenvalue weighted by molar-refractivity contribution is 6.09. The maximum absolute atomic E-state index is 3.95. The fourth-order valence-corrected chi connectivity index (χ4v) is 5.42. The highest BCUT2D eigenvalue weighted by Crippen LogP contribution is 2.32. The van der Waals surface area contributed by atoms with Gasteiger partial charge >= 0.3 is 0 Å². The van der Waals surface area contributed by atoms with Crippen LogP contribution in [0.5, 0.6) is 0 Å². The summed E-state index contributed by atoms with van der Waals surface area (Å²) < 4.78 is 4.97. The lowest BCUT2D eigenvalue weighted by Gasteiger charge is -2.10. The van der Waals surface area contributed by atoms with Crippen molar-refractivity contribution in [2.75, 3.05) is 0 Å². The molecule has 6 rings (SSSR count). The minimum absolute atomic E-state index is 1.01. The summed E-state index contributed by atoms with van der Waals surface area (Å²) in [4.78, 5) is 0. The molecule has 2 aromatic heterocycles. The summed E-state index contributed by atoms with van der Waals surface area (Å²) in [5.74, 6) is 0. The van der Waals surface area contributed by atoms with E-state index in [-0.39, 0.29) is 0 Å². The van der Waals surface area contributed by atoms with Crippen LogP contribution in [0, 0.1) is 0 Å². The Labute approximate surface area is 200 Å². The number of para-hydroxylation sites is 2. The van der Waals surface area contributed by atoms with Gasteiger partial charge in [-0.2, -0.15) is 0 Å². The normalized spacial score (nSPS) is 11.6. The molecular formula is C32H28N2. The number of hydrogen-bond acceptors (Lipinski definition) is 0. The molecule has 0 spiro atoms. The molecular weight excluding hydrogens is 412 g/mol. The third-order valence-corrected chi connectivity index (χ3v) is 7.08. The van der Waals surface area contributed by atoms with E-state index in [1.807, 2.05) is 12.2 Å². The van der Waals surface area contributed by atoms with Crippen LogP contribution >= 0.6 is 0 Å². The van der Waals surface area contributed by atoms with Crippen LogP contribution in [-0.4, -0.2) is 9.13 Å². The average molecular weight is 441 g/mol. The van der Waals surface area contributed by atoms with Crippen LogP contribution in [0.4, 0.5) is 0 Å².